The van der Waals surface area contributed by atoms with Crippen molar-refractivity contribution in [3.05, 3.63) is 36.1 Å². The third kappa shape index (κ3) is 4.51. The molecule has 0 radical (unpaired) electrons. The normalized spacial score (nSPS) is 11.4. The molecule has 0 aromatic heterocycles. The molecule has 0 fully saturated rings. The summed E-state index contributed by atoms with van der Waals surface area (Å²) in [7, 11) is 1.79. The van der Waals surface area contributed by atoms with E-state index < -0.39 is 0 Å². The number of likely N-dealkylation sites (N-methyl/N-ethyl adjacent to an activating group) is 1. The zero-order valence-electron chi connectivity index (χ0n) is 8.76. The van der Waals surface area contributed by atoms with Gasteiger partial charge in [0.2, 0.25) is 0 Å². The second-order valence-corrected chi connectivity index (χ2v) is 2.82. The summed E-state index contributed by atoms with van der Waals surface area (Å²) in [4.78, 5) is 1.74. The van der Waals surface area contributed by atoms with Gasteiger partial charge in [-0.2, -0.15) is 0 Å². The van der Waals surface area contributed by atoms with Crippen LogP contribution in [0.4, 0.5) is 4.39 Å². The third-order valence-corrected chi connectivity index (χ3v) is 1.84. The van der Waals surface area contributed by atoms with E-state index in [9.17, 15) is 4.39 Å². The zero-order chi connectivity index (χ0) is 11.0. The summed E-state index contributed by atoms with van der Waals surface area (Å²) in [6.07, 6.45) is 10.6. The molecule has 2 heteroatoms. The smallest absolute Gasteiger partial charge is 0.107 e. The Morgan fingerprint density at radius 3 is 2.64 bits per heavy atom. The average Bonchev–Trinajstić information content (AvgIpc) is 2.19. The Balaban J connectivity index is 4.26. The van der Waals surface area contributed by atoms with Crippen molar-refractivity contribution in [2.75, 3.05) is 20.3 Å². The first-order chi connectivity index (χ1) is 6.65. The highest BCUT2D eigenvalue weighted by Gasteiger charge is 1.96. The maximum atomic E-state index is 12.0. The quantitative estimate of drug-likeness (QED) is 0.479. The molecule has 0 bridgehead atoms. The van der Waals surface area contributed by atoms with Crippen LogP contribution in [0.25, 0.3) is 0 Å². The first-order valence-electron chi connectivity index (χ1n) is 4.42. The van der Waals surface area contributed by atoms with Gasteiger partial charge in [-0.25, -0.2) is 4.39 Å². The molecule has 0 aliphatic heterocycles. The number of alkyl halides is 1. The van der Waals surface area contributed by atoms with E-state index in [0.29, 0.717) is 6.54 Å². The predicted octanol–water partition coefficient (Wildman–Crippen LogP) is 2.54. The second-order valence-electron chi connectivity index (χ2n) is 2.82. The Hall–Kier alpha value is -1.49. The monoisotopic (exact) mass is 193 g/mol. The fourth-order valence-corrected chi connectivity index (χ4v) is 0.811. The molecule has 0 amide bonds. The van der Waals surface area contributed by atoms with Crippen molar-refractivity contribution in [3.63, 3.8) is 0 Å². The van der Waals surface area contributed by atoms with E-state index in [1.165, 1.54) is 0 Å². The maximum absolute atomic E-state index is 12.0. The van der Waals surface area contributed by atoms with Gasteiger partial charge in [0.25, 0.3) is 0 Å². The first kappa shape index (κ1) is 12.5. The minimum Gasteiger partial charge on any atom is -0.372 e. The van der Waals surface area contributed by atoms with Crippen molar-refractivity contribution >= 4 is 0 Å². The molecule has 0 heterocycles. The number of nitrogens with zero attached hydrogens (tertiary/aromatic N) is 1. The van der Waals surface area contributed by atoms with Crippen molar-refractivity contribution in [2.24, 2.45) is 0 Å². The highest BCUT2D eigenvalue weighted by Crippen LogP contribution is 2.03. The molecule has 76 valence electrons. The van der Waals surface area contributed by atoms with Crippen LogP contribution in [-0.4, -0.2) is 25.2 Å². The van der Waals surface area contributed by atoms with Crippen molar-refractivity contribution in [1.29, 1.82) is 0 Å². The van der Waals surface area contributed by atoms with Gasteiger partial charge in [-0.15, -0.1) is 6.42 Å². The molecule has 0 rings (SSSR count). The lowest BCUT2D eigenvalue weighted by atomic mass is 10.2. The summed E-state index contributed by atoms with van der Waals surface area (Å²) in [6.45, 7) is 5.63. The molecule has 14 heavy (non-hydrogen) atoms. The Morgan fingerprint density at radius 1 is 1.57 bits per heavy atom. The van der Waals surface area contributed by atoms with Crippen molar-refractivity contribution in [1.82, 2.24) is 4.90 Å². The molecule has 0 N–H and O–H groups in total. The van der Waals surface area contributed by atoms with Crippen molar-refractivity contribution < 1.29 is 4.39 Å². The topological polar surface area (TPSA) is 3.24 Å². The number of halogens is 1. The van der Waals surface area contributed by atoms with Crippen LogP contribution in [-0.2, 0) is 0 Å². The molecule has 0 aromatic rings. The van der Waals surface area contributed by atoms with E-state index in [-0.39, 0.29) is 6.67 Å². The summed E-state index contributed by atoms with van der Waals surface area (Å²) >= 11 is 0. The van der Waals surface area contributed by atoms with Crippen molar-refractivity contribution in [2.45, 2.75) is 6.92 Å². The van der Waals surface area contributed by atoms with Gasteiger partial charge < -0.3 is 4.90 Å². The van der Waals surface area contributed by atoms with Crippen LogP contribution in [0.5, 0.6) is 0 Å². The first-order valence-corrected chi connectivity index (χ1v) is 4.42. The number of rotatable bonds is 5. The molecule has 0 unspecified atom stereocenters. The Labute approximate surface area is 85.6 Å². The van der Waals surface area contributed by atoms with Crippen LogP contribution in [0.2, 0.25) is 0 Å². The molecule has 0 atom stereocenters. The zero-order valence-corrected chi connectivity index (χ0v) is 8.76. The molecular formula is C12H16FN. The van der Waals surface area contributed by atoms with Gasteiger partial charge in [0.05, 0.1) is 0 Å². The highest BCUT2D eigenvalue weighted by molar-refractivity contribution is 5.37. The van der Waals surface area contributed by atoms with Gasteiger partial charge in [0, 0.05) is 24.9 Å². The van der Waals surface area contributed by atoms with Crippen LogP contribution in [0.1, 0.15) is 6.92 Å². The molecule has 0 spiro atoms. The highest BCUT2D eigenvalue weighted by atomic mass is 19.1. The summed E-state index contributed by atoms with van der Waals surface area (Å²) in [6, 6.07) is 0. The van der Waals surface area contributed by atoms with Crippen LogP contribution in [0.3, 0.4) is 0 Å². The van der Waals surface area contributed by atoms with E-state index in [2.05, 4.69) is 12.5 Å². The van der Waals surface area contributed by atoms with Gasteiger partial charge >= 0.3 is 0 Å². The third-order valence-electron chi connectivity index (χ3n) is 1.84. The van der Waals surface area contributed by atoms with Gasteiger partial charge in [0.15, 0.2) is 0 Å². The average molecular weight is 193 g/mol. The van der Waals surface area contributed by atoms with Crippen LogP contribution in [0.15, 0.2) is 36.1 Å². The summed E-state index contributed by atoms with van der Waals surface area (Å²) < 4.78 is 12.0. The van der Waals surface area contributed by atoms with E-state index >= 15 is 0 Å². The maximum Gasteiger partial charge on any atom is 0.107 e. The molecular weight excluding hydrogens is 177 g/mol. The van der Waals surface area contributed by atoms with Crippen LogP contribution in [0, 0.1) is 12.3 Å². The lowest BCUT2D eigenvalue weighted by Gasteiger charge is -2.16. The van der Waals surface area contributed by atoms with Gasteiger partial charge in [-0.05, 0) is 19.1 Å². The Kier molecular flexibility index (Phi) is 6.22. The SMILES string of the molecule is C#CC(/C=C\C(=C)N(C)CCF)=C/C. The number of allylic oxidation sites excluding steroid dienone is 4. The van der Waals surface area contributed by atoms with E-state index in [4.69, 9.17) is 6.42 Å². The molecule has 0 aliphatic rings. The van der Waals surface area contributed by atoms with Crippen LogP contribution < -0.4 is 0 Å². The van der Waals surface area contributed by atoms with E-state index in [1.54, 1.807) is 24.1 Å². The lowest BCUT2D eigenvalue weighted by Crippen LogP contribution is -2.18. The van der Waals surface area contributed by atoms with Crippen LogP contribution >= 0.6 is 0 Å². The fourth-order valence-electron chi connectivity index (χ4n) is 0.811. The fraction of sp³-hybridized carbons (Fsp3) is 0.333. The van der Waals surface area contributed by atoms with Crippen molar-refractivity contribution in [3.8, 4) is 12.3 Å². The largest absolute Gasteiger partial charge is 0.372 e. The number of hydrogen-bond donors (Lipinski definition) is 0. The minimum absolute atomic E-state index is 0.352. The Bertz CT molecular complexity index is 281. The summed E-state index contributed by atoms with van der Waals surface area (Å²) in [5.74, 6) is 2.52. The Morgan fingerprint density at radius 2 is 2.21 bits per heavy atom. The van der Waals surface area contributed by atoms with Gasteiger partial charge in [0.1, 0.15) is 6.67 Å². The minimum atomic E-state index is -0.380. The molecule has 0 saturated heterocycles. The molecule has 0 saturated carbocycles. The summed E-state index contributed by atoms with van der Waals surface area (Å²) in [5.41, 5.74) is 1.54. The van der Waals surface area contributed by atoms with E-state index in [0.717, 1.165) is 11.3 Å². The number of hydrogen-bond acceptors (Lipinski definition) is 1. The molecule has 1 nitrogen and oxygen atoms in total. The predicted molar refractivity (Wildman–Crippen MR) is 59.5 cm³/mol. The summed E-state index contributed by atoms with van der Waals surface area (Å²) in [5, 5.41) is 0. The van der Waals surface area contributed by atoms with Gasteiger partial charge in [-0.3, -0.25) is 0 Å². The van der Waals surface area contributed by atoms with Gasteiger partial charge in [-0.1, -0.05) is 18.6 Å². The lowest BCUT2D eigenvalue weighted by molar-refractivity contribution is 0.359. The number of terminal acetylenes is 1. The molecule has 0 aliphatic carbocycles. The molecule has 0 aromatic carbocycles. The standard InChI is InChI=1S/C12H16FN/c1-5-12(6-2)8-7-11(3)14(4)10-9-13/h1,6-8H,3,9-10H2,2,4H3/b8-7-,12-6-. The second kappa shape index (κ2) is 6.97. The van der Waals surface area contributed by atoms with E-state index in [1.807, 2.05) is 13.0 Å².